The molecule has 0 saturated heterocycles. The maximum atomic E-state index is 12.9. The summed E-state index contributed by atoms with van der Waals surface area (Å²) >= 11 is 0. The minimum atomic E-state index is -0.871. The van der Waals surface area contributed by atoms with Gasteiger partial charge in [-0.25, -0.2) is 0 Å². The predicted molar refractivity (Wildman–Crippen MR) is 102 cm³/mol. The van der Waals surface area contributed by atoms with E-state index in [0.717, 1.165) is 11.1 Å². The van der Waals surface area contributed by atoms with Crippen LogP contribution in [0.2, 0.25) is 0 Å². The smallest absolute Gasteiger partial charge is 0.303 e. The van der Waals surface area contributed by atoms with Crippen LogP contribution < -0.4 is 5.32 Å². The molecule has 2 aromatic carbocycles. The number of rotatable bonds is 9. The highest BCUT2D eigenvalue weighted by Gasteiger charge is 2.16. The van der Waals surface area contributed by atoms with E-state index in [1.54, 1.807) is 29.2 Å². The van der Waals surface area contributed by atoms with Gasteiger partial charge in [0.2, 0.25) is 5.91 Å². The number of hydrogen-bond donors (Lipinski definition) is 2. The maximum Gasteiger partial charge on any atom is 0.303 e. The second-order valence-corrected chi connectivity index (χ2v) is 6.32. The van der Waals surface area contributed by atoms with Crippen LogP contribution in [0.15, 0.2) is 54.6 Å². The molecule has 142 valence electrons. The molecule has 0 aliphatic heterocycles. The van der Waals surface area contributed by atoms with E-state index in [9.17, 15) is 14.4 Å². The van der Waals surface area contributed by atoms with E-state index in [0.29, 0.717) is 31.6 Å². The SMILES string of the molecule is CC(=O)NCc1ccc(C(=O)N(CCCC(=O)O)Cc2ccccc2)cc1. The fourth-order valence-electron chi connectivity index (χ4n) is 2.65. The number of benzene rings is 2. The summed E-state index contributed by atoms with van der Waals surface area (Å²) in [5, 5.41) is 11.6. The molecule has 0 radical (unpaired) electrons. The first-order valence-electron chi connectivity index (χ1n) is 8.84. The number of carbonyl (C=O) groups is 3. The summed E-state index contributed by atoms with van der Waals surface area (Å²) in [7, 11) is 0. The zero-order valence-electron chi connectivity index (χ0n) is 15.4. The normalized spacial score (nSPS) is 10.3. The summed E-state index contributed by atoms with van der Waals surface area (Å²) in [5.74, 6) is -1.12. The second kappa shape index (κ2) is 10.1. The monoisotopic (exact) mass is 368 g/mol. The lowest BCUT2D eigenvalue weighted by Crippen LogP contribution is -2.32. The Morgan fingerprint density at radius 3 is 2.22 bits per heavy atom. The first kappa shape index (κ1) is 20.2. The van der Waals surface area contributed by atoms with Gasteiger partial charge in [-0.2, -0.15) is 0 Å². The maximum absolute atomic E-state index is 12.9. The Bertz CT molecular complexity index is 773. The number of carboxylic acids is 1. The molecule has 6 nitrogen and oxygen atoms in total. The first-order valence-corrected chi connectivity index (χ1v) is 8.84. The molecule has 0 heterocycles. The molecule has 0 aromatic heterocycles. The summed E-state index contributed by atoms with van der Waals surface area (Å²) in [4.78, 5) is 36.4. The van der Waals surface area contributed by atoms with E-state index >= 15 is 0 Å². The van der Waals surface area contributed by atoms with E-state index in [2.05, 4.69) is 5.32 Å². The molecule has 0 aliphatic rings. The van der Waals surface area contributed by atoms with Crippen molar-refractivity contribution in [3.63, 3.8) is 0 Å². The van der Waals surface area contributed by atoms with E-state index in [1.165, 1.54) is 6.92 Å². The molecule has 0 spiro atoms. The molecular weight excluding hydrogens is 344 g/mol. The Labute approximate surface area is 158 Å². The van der Waals surface area contributed by atoms with Gasteiger partial charge in [0.05, 0.1) is 0 Å². The van der Waals surface area contributed by atoms with Crippen LogP contribution >= 0.6 is 0 Å². The van der Waals surface area contributed by atoms with Crippen LogP contribution in [0, 0.1) is 0 Å². The highest BCUT2D eigenvalue weighted by Crippen LogP contribution is 2.13. The summed E-state index contributed by atoms with van der Waals surface area (Å²) in [5.41, 5.74) is 2.43. The molecule has 0 unspecified atom stereocenters. The zero-order valence-corrected chi connectivity index (χ0v) is 15.4. The topological polar surface area (TPSA) is 86.7 Å². The highest BCUT2D eigenvalue weighted by molar-refractivity contribution is 5.94. The Balaban J connectivity index is 2.09. The molecule has 2 amide bonds. The van der Waals surface area contributed by atoms with Crippen molar-refractivity contribution in [3.05, 3.63) is 71.3 Å². The number of amides is 2. The van der Waals surface area contributed by atoms with E-state index < -0.39 is 5.97 Å². The summed E-state index contributed by atoms with van der Waals surface area (Å²) in [6.45, 7) is 2.66. The molecule has 0 fully saturated rings. The van der Waals surface area contributed by atoms with Gasteiger partial charge in [-0.3, -0.25) is 14.4 Å². The number of carbonyl (C=O) groups excluding carboxylic acids is 2. The number of carboxylic acid groups (broad SMARTS) is 1. The summed E-state index contributed by atoms with van der Waals surface area (Å²) in [6.07, 6.45) is 0.419. The van der Waals surface area contributed by atoms with Crippen LogP contribution in [-0.4, -0.2) is 34.3 Å². The van der Waals surface area contributed by atoms with Gasteiger partial charge in [-0.1, -0.05) is 42.5 Å². The average Bonchev–Trinajstić information content (AvgIpc) is 2.66. The van der Waals surface area contributed by atoms with Crippen LogP contribution in [0.5, 0.6) is 0 Å². The van der Waals surface area contributed by atoms with Gasteiger partial charge in [-0.05, 0) is 29.7 Å². The van der Waals surface area contributed by atoms with Crippen molar-refractivity contribution in [2.75, 3.05) is 6.54 Å². The minimum Gasteiger partial charge on any atom is -0.481 e. The quantitative estimate of drug-likeness (QED) is 0.713. The third-order valence-electron chi connectivity index (χ3n) is 4.06. The molecular formula is C21H24N2O4. The van der Waals surface area contributed by atoms with Gasteiger partial charge < -0.3 is 15.3 Å². The Morgan fingerprint density at radius 2 is 1.63 bits per heavy atom. The van der Waals surface area contributed by atoms with Crippen molar-refractivity contribution in [3.8, 4) is 0 Å². The highest BCUT2D eigenvalue weighted by atomic mass is 16.4. The van der Waals surface area contributed by atoms with Crippen molar-refractivity contribution >= 4 is 17.8 Å². The summed E-state index contributed by atoms with van der Waals surface area (Å²) < 4.78 is 0. The Hall–Kier alpha value is -3.15. The van der Waals surface area contributed by atoms with Crippen molar-refractivity contribution in [1.82, 2.24) is 10.2 Å². The second-order valence-electron chi connectivity index (χ2n) is 6.32. The molecule has 0 bridgehead atoms. The van der Waals surface area contributed by atoms with Gasteiger partial charge in [0, 0.05) is 38.5 Å². The lowest BCUT2D eigenvalue weighted by atomic mass is 10.1. The Morgan fingerprint density at radius 1 is 0.963 bits per heavy atom. The lowest BCUT2D eigenvalue weighted by Gasteiger charge is -2.23. The van der Waals surface area contributed by atoms with Crippen LogP contribution in [-0.2, 0) is 22.7 Å². The molecule has 0 saturated carbocycles. The zero-order chi connectivity index (χ0) is 19.6. The van der Waals surface area contributed by atoms with Gasteiger partial charge in [0.1, 0.15) is 0 Å². The number of aliphatic carboxylic acids is 1. The van der Waals surface area contributed by atoms with Crippen LogP contribution in [0.1, 0.15) is 41.3 Å². The van der Waals surface area contributed by atoms with Crippen molar-refractivity contribution in [2.24, 2.45) is 0 Å². The molecule has 6 heteroatoms. The van der Waals surface area contributed by atoms with Crippen molar-refractivity contribution < 1.29 is 19.5 Å². The number of nitrogens with zero attached hydrogens (tertiary/aromatic N) is 1. The van der Waals surface area contributed by atoms with Crippen molar-refractivity contribution in [2.45, 2.75) is 32.9 Å². The molecule has 2 rings (SSSR count). The molecule has 0 atom stereocenters. The van der Waals surface area contributed by atoms with Crippen LogP contribution in [0.4, 0.5) is 0 Å². The first-order chi connectivity index (χ1) is 13.0. The predicted octanol–water partition coefficient (Wildman–Crippen LogP) is 2.83. The fraction of sp³-hybridized carbons (Fsp3) is 0.286. The minimum absolute atomic E-state index is 0.0220. The fourth-order valence-corrected chi connectivity index (χ4v) is 2.65. The third-order valence-corrected chi connectivity index (χ3v) is 4.06. The van der Waals surface area contributed by atoms with Crippen molar-refractivity contribution in [1.29, 1.82) is 0 Å². The number of nitrogens with one attached hydrogen (secondary N) is 1. The van der Waals surface area contributed by atoms with Gasteiger partial charge in [0.25, 0.3) is 5.91 Å². The largest absolute Gasteiger partial charge is 0.481 e. The average molecular weight is 368 g/mol. The molecule has 2 aromatic rings. The number of hydrogen-bond acceptors (Lipinski definition) is 3. The van der Waals surface area contributed by atoms with Crippen LogP contribution in [0.3, 0.4) is 0 Å². The van der Waals surface area contributed by atoms with Gasteiger partial charge in [0.15, 0.2) is 0 Å². The van der Waals surface area contributed by atoms with Gasteiger partial charge >= 0.3 is 5.97 Å². The molecule has 27 heavy (non-hydrogen) atoms. The molecule has 2 N–H and O–H groups in total. The molecule has 0 aliphatic carbocycles. The van der Waals surface area contributed by atoms with Crippen LogP contribution in [0.25, 0.3) is 0 Å². The van der Waals surface area contributed by atoms with E-state index in [4.69, 9.17) is 5.11 Å². The van der Waals surface area contributed by atoms with E-state index in [-0.39, 0.29) is 18.2 Å². The van der Waals surface area contributed by atoms with E-state index in [1.807, 2.05) is 30.3 Å². The third kappa shape index (κ3) is 6.93. The standard InChI is InChI=1S/C21H24N2O4/c1-16(24)22-14-17-9-11-19(12-10-17)21(27)23(13-5-8-20(25)26)15-18-6-3-2-4-7-18/h2-4,6-7,9-12H,5,8,13-15H2,1H3,(H,22,24)(H,25,26). The Kier molecular flexibility index (Phi) is 7.55. The lowest BCUT2D eigenvalue weighted by molar-refractivity contribution is -0.137. The summed E-state index contributed by atoms with van der Waals surface area (Å²) in [6, 6.07) is 16.7. The van der Waals surface area contributed by atoms with Gasteiger partial charge in [-0.15, -0.1) is 0 Å².